The largest absolute Gasteiger partial charge is 0.261 e. The molecule has 2 saturated carbocycles. The Bertz CT molecular complexity index is 323. The standard InChI is InChI=1S/C12H14ClN/c13-7-11-10(8-1-2-8)5-6-14-12(11)9-3-4-9/h5-6,8-9H,1-4,7H2. The van der Waals surface area contributed by atoms with Gasteiger partial charge in [-0.05, 0) is 48.8 Å². The molecule has 0 saturated heterocycles. The summed E-state index contributed by atoms with van der Waals surface area (Å²) in [5.41, 5.74) is 4.13. The van der Waals surface area contributed by atoms with E-state index in [1.54, 1.807) is 0 Å². The van der Waals surface area contributed by atoms with E-state index < -0.39 is 0 Å². The molecule has 0 atom stereocenters. The van der Waals surface area contributed by atoms with Crippen LogP contribution in [0.1, 0.15) is 54.3 Å². The number of halogens is 1. The summed E-state index contributed by atoms with van der Waals surface area (Å²) < 4.78 is 0. The minimum atomic E-state index is 0.644. The fourth-order valence-corrected chi connectivity index (χ4v) is 2.45. The van der Waals surface area contributed by atoms with Gasteiger partial charge < -0.3 is 0 Å². The summed E-state index contributed by atoms with van der Waals surface area (Å²) in [5.74, 6) is 2.16. The van der Waals surface area contributed by atoms with Crippen molar-refractivity contribution in [1.82, 2.24) is 4.98 Å². The molecule has 1 nitrogen and oxygen atoms in total. The molecule has 2 heteroatoms. The first kappa shape index (κ1) is 8.72. The average molecular weight is 208 g/mol. The molecular weight excluding hydrogens is 194 g/mol. The highest BCUT2D eigenvalue weighted by atomic mass is 35.5. The van der Waals surface area contributed by atoms with Crippen molar-refractivity contribution in [1.29, 1.82) is 0 Å². The van der Waals surface area contributed by atoms with Crippen LogP contribution < -0.4 is 0 Å². The molecule has 1 aromatic rings. The van der Waals surface area contributed by atoms with Crippen LogP contribution >= 0.6 is 11.6 Å². The molecule has 0 amide bonds. The highest BCUT2D eigenvalue weighted by molar-refractivity contribution is 6.17. The van der Waals surface area contributed by atoms with Crippen LogP contribution in [-0.2, 0) is 5.88 Å². The van der Waals surface area contributed by atoms with Gasteiger partial charge in [0.25, 0.3) is 0 Å². The summed E-state index contributed by atoms with van der Waals surface area (Å²) in [5, 5.41) is 0. The molecule has 0 spiro atoms. The molecule has 0 unspecified atom stereocenters. The van der Waals surface area contributed by atoms with E-state index in [9.17, 15) is 0 Å². The van der Waals surface area contributed by atoms with Gasteiger partial charge in [0.1, 0.15) is 0 Å². The number of hydrogen-bond donors (Lipinski definition) is 0. The quantitative estimate of drug-likeness (QED) is 0.691. The zero-order chi connectivity index (χ0) is 9.54. The van der Waals surface area contributed by atoms with Crippen molar-refractivity contribution in [3.63, 3.8) is 0 Å². The SMILES string of the molecule is ClCc1c(C2CC2)ccnc1C1CC1. The van der Waals surface area contributed by atoms with Crippen LogP contribution in [0, 0.1) is 0 Å². The fraction of sp³-hybridized carbons (Fsp3) is 0.583. The van der Waals surface area contributed by atoms with Gasteiger partial charge in [-0.3, -0.25) is 4.98 Å². The molecule has 1 heterocycles. The molecule has 0 aliphatic heterocycles. The zero-order valence-corrected chi connectivity index (χ0v) is 8.93. The van der Waals surface area contributed by atoms with Crippen molar-refractivity contribution in [2.75, 3.05) is 0 Å². The van der Waals surface area contributed by atoms with Gasteiger partial charge >= 0.3 is 0 Å². The summed E-state index contributed by atoms with van der Waals surface area (Å²) in [6.45, 7) is 0. The summed E-state index contributed by atoms with van der Waals surface area (Å²) in [6.07, 6.45) is 7.28. The topological polar surface area (TPSA) is 12.9 Å². The monoisotopic (exact) mass is 207 g/mol. The maximum absolute atomic E-state index is 6.04. The number of alkyl halides is 1. The lowest BCUT2D eigenvalue weighted by molar-refractivity contribution is 0.950. The summed E-state index contributed by atoms with van der Waals surface area (Å²) in [7, 11) is 0. The summed E-state index contributed by atoms with van der Waals surface area (Å²) in [4.78, 5) is 4.50. The van der Waals surface area contributed by atoms with Gasteiger partial charge in [-0.25, -0.2) is 0 Å². The third-order valence-electron chi connectivity index (χ3n) is 3.24. The summed E-state index contributed by atoms with van der Waals surface area (Å²) >= 11 is 6.04. The fourth-order valence-electron chi connectivity index (χ4n) is 2.16. The lowest BCUT2D eigenvalue weighted by Crippen LogP contribution is -1.98. The number of nitrogens with zero attached hydrogens (tertiary/aromatic N) is 1. The highest BCUT2D eigenvalue weighted by Crippen LogP contribution is 2.46. The van der Waals surface area contributed by atoms with Crippen LogP contribution in [0.25, 0.3) is 0 Å². The predicted octanol–water partition coefficient (Wildman–Crippen LogP) is 3.58. The smallest absolute Gasteiger partial charge is 0.0495 e. The number of pyridine rings is 1. The van der Waals surface area contributed by atoms with Crippen molar-refractivity contribution in [3.05, 3.63) is 29.1 Å². The van der Waals surface area contributed by atoms with Crippen molar-refractivity contribution < 1.29 is 0 Å². The van der Waals surface area contributed by atoms with E-state index in [2.05, 4.69) is 11.1 Å². The molecule has 0 N–H and O–H groups in total. The van der Waals surface area contributed by atoms with Gasteiger partial charge in [-0.1, -0.05) is 0 Å². The van der Waals surface area contributed by atoms with Gasteiger partial charge in [0, 0.05) is 23.7 Å². The Labute approximate surface area is 89.5 Å². The molecule has 0 aromatic carbocycles. The van der Waals surface area contributed by atoms with E-state index >= 15 is 0 Å². The molecule has 1 aromatic heterocycles. The molecule has 2 fully saturated rings. The van der Waals surface area contributed by atoms with Crippen molar-refractivity contribution in [3.8, 4) is 0 Å². The first-order valence-corrected chi connectivity index (χ1v) is 5.97. The Morgan fingerprint density at radius 2 is 1.93 bits per heavy atom. The Kier molecular flexibility index (Phi) is 2.01. The van der Waals surface area contributed by atoms with Crippen molar-refractivity contribution >= 4 is 11.6 Å². The first-order chi connectivity index (χ1) is 6.90. The third kappa shape index (κ3) is 1.44. The van der Waals surface area contributed by atoms with E-state index in [1.165, 1.54) is 42.5 Å². The molecule has 2 aliphatic carbocycles. The lowest BCUT2D eigenvalue weighted by Gasteiger charge is -2.10. The van der Waals surface area contributed by atoms with Gasteiger partial charge in [0.15, 0.2) is 0 Å². The minimum absolute atomic E-state index is 0.644. The van der Waals surface area contributed by atoms with Crippen molar-refractivity contribution in [2.24, 2.45) is 0 Å². The third-order valence-corrected chi connectivity index (χ3v) is 3.51. The second-order valence-electron chi connectivity index (χ2n) is 4.45. The first-order valence-electron chi connectivity index (χ1n) is 5.43. The Morgan fingerprint density at radius 1 is 1.21 bits per heavy atom. The minimum Gasteiger partial charge on any atom is -0.261 e. The van der Waals surface area contributed by atoms with Gasteiger partial charge in [0.2, 0.25) is 0 Å². The highest BCUT2D eigenvalue weighted by Gasteiger charge is 2.32. The number of hydrogen-bond acceptors (Lipinski definition) is 1. The molecular formula is C12H14ClN. The molecule has 3 rings (SSSR count). The van der Waals surface area contributed by atoms with Gasteiger partial charge in [-0.15, -0.1) is 11.6 Å². The van der Waals surface area contributed by atoms with Crippen LogP contribution in [0.5, 0.6) is 0 Å². The summed E-state index contributed by atoms with van der Waals surface area (Å²) in [6, 6.07) is 2.17. The van der Waals surface area contributed by atoms with E-state index in [4.69, 9.17) is 11.6 Å². The molecule has 0 bridgehead atoms. The van der Waals surface area contributed by atoms with Gasteiger partial charge in [0.05, 0.1) is 0 Å². The Hall–Kier alpha value is -0.560. The van der Waals surface area contributed by atoms with Gasteiger partial charge in [-0.2, -0.15) is 0 Å². The van der Waals surface area contributed by atoms with E-state index in [0.29, 0.717) is 5.88 Å². The maximum Gasteiger partial charge on any atom is 0.0495 e. The predicted molar refractivity (Wildman–Crippen MR) is 57.7 cm³/mol. The van der Waals surface area contributed by atoms with Crippen LogP contribution in [0.4, 0.5) is 0 Å². The molecule has 74 valence electrons. The van der Waals surface area contributed by atoms with Crippen LogP contribution in [0.2, 0.25) is 0 Å². The second kappa shape index (κ2) is 3.23. The second-order valence-corrected chi connectivity index (χ2v) is 4.71. The Balaban J connectivity index is 2.05. The van der Waals surface area contributed by atoms with E-state index in [1.807, 2.05) is 6.20 Å². The number of rotatable bonds is 3. The molecule has 2 aliphatic rings. The molecule has 0 radical (unpaired) electrons. The van der Waals surface area contributed by atoms with E-state index in [0.717, 1.165) is 11.8 Å². The lowest BCUT2D eigenvalue weighted by atomic mass is 10.0. The van der Waals surface area contributed by atoms with E-state index in [-0.39, 0.29) is 0 Å². The zero-order valence-electron chi connectivity index (χ0n) is 8.17. The molecule has 14 heavy (non-hydrogen) atoms. The van der Waals surface area contributed by atoms with Crippen LogP contribution in [0.15, 0.2) is 12.3 Å². The Morgan fingerprint density at radius 3 is 2.50 bits per heavy atom. The maximum atomic E-state index is 6.04. The van der Waals surface area contributed by atoms with Crippen LogP contribution in [-0.4, -0.2) is 4.98 Å². The normalized spacial score (nSPS) is 21.2. The van der Waals surface area contributed by atoms with Crippen molar-refractivity contribution in [2.45, 2.75) is 43.4 Å². The van der Waals surface area contributed by atoms with Crippen LogP contribution in [0.3, 0.4) is 0 Å². The average Bonchev–Trinajstić information content (AvgIpc) is 3.04. The number of aromatic nitrogens is 1.